The lowest BCUT2D eigenvalue weighted by Crippen LogP contribution is -2.44. The van der Waals surface area contributed by atoms with Crippen LogP contribution in [0.2, 0.25) is 0 Å². The molecule has 1 aliphatic heterocycles. The van der Waals surface area contributed by atoms with Crippen molar-refractivity contribution in [1.82, 2.24) is 4.90 Å². The smallest absolute Gasteiger partial charge is 0.139 e. The first-order chi connectivity index (χ1) is 5.93. The minimum Gasteiger partial charge on any atom is -0.396 e. The minimum absolute atomic E-state index is 0.0136. The van der Waals surface area contributed by atoms with Crippen molar-refractivity contribution in [2.24, 2.45) is 5.41 Å². The van der Waals surface area contributed by atoms with Crippen molar-refractivity contribution in [3.63, 3.8) is 0 Å². The van der Waals surface area contributed by atoms with Crippen molar-refractivity contribution in [2.75, 3.05) is 19.7 Å². The number of nitrogens with zero attached hydrogens (tertiary/aromatic N) is 1. The van der Waals surface area contributed by atoms with Gasteiger partial charge in [0.2, 0.25) is 0 Å². The Bertz CT molecular complexity index is 203. The number of likely N-dealkylation sites (tertiary alicyclic amines) is 1. The van der Waals surface area contributed by atoms with E-state index in [1.165, 1.54) is 0 Å². The molecular formula is C10H19NO2. The summed E-state index contributed by atoms with van der Waals surface area (Å²) < 4.78 is 0. The summed E-state index contributed by atoms with van der Waals surface area (Å²) in [6.07, 6.45) is 1.96. The Morgan fingerprint density at radius 1 is 1.62 bits per heavy atom. The lowest BCUT2D eigenvalue weighted by Gasteiger charge is -2.31. The number of carbonyl (C=O) groups excluding carboxylic acids is 1. The highest BCUT2D eigenvalue weighted by molar-refractivity contribution is 5.62. The highest BCUT2D eigenvalue weighted by Gasteiger charge is 2.39. The molecule has 0 aromatic heterocycles. The molecule has 0 spiro atoms. The van der Waals surface area contributed by atoms with Crippen molar-refractivity contribution >= 4 is 6.29 Å². The Balaban J connectivity index is 2.64. The SMILES string of the molecule is CC1(CO)CCN(C(C)(C)C=O)C1. The van der Waals surface area contributed by atoms with Crippen molar-refractivity contribution in [3.05, 3.63) is 0 Å². The molecule has 0 aromatic rings. The van der Waals surface area contributed by atoms with Crippen LogP contribution in [-0.4, -0.2) is 41.5 Å². The van der Waals surface area contributed by atoms with Crippen LogP contribution in [0.3, 0.4) is 0 Å². The van der Waals surface area contributed by atoms with Crippen LogP contribution >= 0.6 is 0 Å². The molecule has 13 heavy (non-hydrogen) atoms. The van der Waals surface area contributed by atoms with Crippen LogP contribution in [0.4, 0.5) is 0 Å². The first-order valence-corrected chi connectivity index (χ1v) is 4.76. The fourth-order valence-corrected chi connectivity index (χ4v) is 1.72. The van der Waals surface area contributed by atoms with Crippen molar-refractivity contribution in [3.8, 4) is 0 Å². The van der Waals surface area contributed by atoms with Crippen molar-refractivity contribution < 1.29 is 9.90 Å². The van der Waals surface area contributed by atoms with Gasteiger partial charge in [-0.3, -0.25) is 4.90 Å². The molecule has 0 radical (unpaired) electrons. The van der Waals surface area contributed by atoms with Gasteiger partial charge in [0.1, 0.15) is 6.29 Å². The lowest BCUT2D eigenvalue weighted by atomic mass is 9.91. The number of aldehydes is 1. The maximum absolute atomic E-state index is 10.8. The number of carbonyl (C=O) groups is 1. The average Bonchev–Trinajstić information content (AvgIpc) is 2.50. The molecule has 3 heteroatoms. The van der Waals surface area contributed by atoms with Crippen LogP contribution in [0, 0.1) is 5.41 Å². The van der Waals surface area contributed by atoms with Gasteiger partial charge in [0.25, 0.3) is 0 Å². The van der Waals surface area contributed by atoms with E-state index in [9.17, 15) is 4.79 Å². The quantitative estimate of drug-likeness (QED) is 0.657. The predicted octanol–water partition coefficient (Wildman–Crippen LogP) is 0.668. The van der Waals surface area contributed by atoms with Gasteiger partial charge < -0.3 is 9.90 Å². The van der Waals surface area contributed by atoms with Gasteiger partial charge in [-0.2, -0.15) is 0 Å². The predicted molar refractivity (Wildman–Crippen MR) is 51.5 cm³/mol. The number of hydrogen-bond acceptors (Lipinski definition) is 3. The fourth-order valence-electron chi connectivity index (χ4n) is 1.72. The summed E-state index contributed by atoms with van der Waals surface area (Å²) in [6.45, 7) is 7.83. The van der Waals surface area contributed by atoms with Crippen LogP contribution in [0.1, 0.15) is 27.2 Å². The number of aliphatic hydroxyl groups is 1. The maximum atomic E-state index is 10.8. The Morgan fingerprint density at radius 3 is 2.62 bits per heavy atom. The molecule has 1 aliphatic rings. The van der Waals surface area contributed by atoms with Gasteiger partial charge in [0, 0.05) is 18.6 Å². The van der Waals surface area contributed by atoms with E-state index in [0.717, 1.165) is 25.8 Å². The molecule has 0 aromatic carbocycles. The Labute approximate surface area is 79.7 Å². The summed E-state index contributed by atoms with van der Waals surface area (Å²) in [7, 11) is 0. The zero-order valence-corrected chi connectivity index (χ0v) is 8.71. The summed E-state index contributed by atoms with van der Waals surface area (Å²) >= 11 is 0. The average molecular weight is 185 g/mol. The summed E-state index contributed by atoms with van der Waals surface area (Å²) in [5, 5.41) is 9.17. The third-order valence-electron chi connectivity index (χ3n) is 3.04. The third-order valence-corrected chi connectivity index (χ3v) is 3.04. The van der Waals surface area contributed by atoms with Crippen LogP contribution in [0.15, 0.2) is 0 Å². The highest BCUT2D eigenvalue weighted by Crippen LogP contribution is 2.32. The highest BCUT2D eigenvalue weighted by atomic mass is 16.3. The second-order valence-electron chi connectivity index (χ2n) is 4.91. The van der Waals surface area contributed by atoms with Gasteiger partial charge in [-0.15, -0.1) is 0 Å². The van der Waals surface area contributed by atoms with Gasteiger partial charge >= 0.3 is 0 Å². The van der Waals surface area contributed by atoms with Crippen LogP contribution in [-0.2, 0) is 4.79 Å². The summed E-state index contributed by atoms with van der Waals surface area (Å²) in [4.78, 5) is 12.9. The minimum atomic E-state index is -0.382. The summed E-state index contributed by atoms with van der Waals surface area (Å²) in [5.41, 5.74) is -0.396. The standard InChI is InChI=1S/C10H19NO2/c1-9(2,7-12)11-5-4-10(3,6-11)8-13/h7,13H,4-6,8H2,1-3H3. The van der Waals surface area contributed by atoms with Crippen LogP contribution in [0.5, 0.6) is 0 Å². The molecule has 1 fully saturated rings. The molecule has 1 rings (SSSR count). The molecule has 1 N–H and O–H groups in total. The molecule has 0 aliphatic carbocycles. The summed E-state index contributed by atoms with van der Waals surface area (Å²) in [5.74, 6) is 0. The Morgan fingerprint density at radius 2 is 2.23 bits per heavy atom. The van der Waals surface area contributed by atoms with Gasteiger partial charge in [0.05, 0.1) is 5.54 Å². The second-order valence-corrected chi connectivity index (χ2v) is 4.91. The van der Waals surface area contributed by atoms with Crippen molar-refractivity contribution in [2.45, 2.75) is 32.7 Å². The first kappa shape index (κ1) is 10.7. The molecule has 3 nitrogen and oxygen atoms in total. The summed E-state index contributed by atoms with van der Waals surface area (Å²) in [6, 6.07) is 0. The van der Waals surface area contributed by atoms with Crippen LogP contribution in [0.25, 0.3) is 0 Å². The molecule has 1 unspecified atom stereocenters. The number of hydrogen-bond donors (Lipinski definition) is 1. The van der Waals surface area contributed by atoms with E-state index >= 15 is 0 Å². The Kier molecular flexibility index (Phi) is 2.78. The topological polar surface area (TPSA) is 40.5 Å². The fraction of sp³-hybridized carbons (Fsp3) is 0.900. The van der Waals surface area contributed by atoms with E-state index in [4.69, 9.17) is 5.11 Å². The zero-order chi connectivity index (χ0) is 10.1. The van der Waals surface area contributed by atoms with E-state index in [1.807, 2.05) is 13.8 Å². The lowest BCUT2D eigenvalue weighted by molar-refractivity contribution is -0.116. The van der Waals surface area contributed by atoms with E-state index in [0.29, 0.717) is 0 Å². The van der Waals surface area contributed by atoms with Crippen molar-refractivity contribution in [1.29, 1.82) is 0 Å². The van der Waals surface area contributed by atoms with Gasteiger partial charge in [-0.05, 0) is 26.8 Å². The van der Waals surface area contributed by atoms with Crippen LogP contribution < -0.4 is 0 Å². The van der Waals surface area contributed by atoms with E-state index in [1.54, 1.807) is 0 Å². The first-order valence-electron chi connectivity index (χ1n) is 4.76. The molecule has 76 valence electrons. The monoisotopic (exact) mass is 185 g/mol. The Hall–Kier alpha value is -0.410. The molecular weight excluding hydrogens is 166 g/mol. The zero-order valence-electron chi connectivity index (χ0n) is 8.71. The molecule has 1 saturated heterocycles. The molecule has 1 atom stereocenters. The molecule has 0 saturated carbocycles. The van der Waals surface area contributed by atoms with Gasteiger partial charge in [-0.1, -0.05) is 6.92 Å². The molecule has 0 amide bonds. The van der Waals surface area contributed by atoms with Gasteiger partial charge in [-0.25, -0.2) is 0 Å². The largest absolute Gasteiger partial charge is 0.396 e. The van der Waals surface area contributed by atoms with Gasteiger partial charge in [0.15, 0.2) is 0 Å². The number of aliphatic hydroxyl groups excluding tert-OH is 1. The number of rotatable bonds is 3. The third kappa shape index (κ3) is 2.09. The second kappa shape index (κ2) is 3.39. The normalized spacial score (nSPS) is 30.8. The van der Waals surface area contributed by atoms with E-state index in [-0.39, 0.29) is 17.6 Å². The van der Waals surface area contributed by atoms with E-state index < -0.39 is 0 Å². The maximum Gasteiger partial charge on any atom is 0.139 e. The van der Waals surface area contributed by atoms with E-state index in [2.05, 4.69) is 11.8 Å². The molecule has 1 heterocycles. The molecule has 0 bridgehead atoms.